The first-order chi connectivity index (χ1) is 8.59. The van der Waals surface area contributed by atoms with Gasteiger partial charge in [-0.15, -0.1) is 0 Å². The molecule has 1 aromatic heterocycles. The minimum absolute atomic E-state index is 0.000208. The van der Waals surface area contributed by atoms with E-state index in [1.54, 1.807) is 0 Å². The summed E-state index contributed by atoms with van der Waals surface area (Å²) >= 11 is 0. The third kappa shape index (κ3) is 1.74. The Morgan fingerprint density at radius 3 is 2.44 bits per heavy atom. The number of aryl methyl sites for hydroxylation is 2. The van der Waals surface area contributed by atoms with Crippen LogP contribution in [0.25, 0.3) is 11.0 Å². The molecule has 2 aromatic rings. The zero-order valence-corrected chi connectivity index (χ0v) is 11.8. The van der Waals surface area contributed by atoms with Gasteiger partial charge in [0.05, 0.1) is 11.0 Å². The maximum absolute atomic E-state index is 6.04. The van der Waals surface area contributed by atoms with E-state index in [-0.39, 0.29) is 5.41 Å². The van der Waals surface area contributed by atoms with Crippen LogP contribution in [0, 0.1) is 6.92 Å². The molecule has 2 rings (SSSR count). The van der Waals surface area contributed by atoms with E-state index in [0.29, 0.717) is 6.54 Å². The Morgan fingerprint density at radius 1 is 1.28 bits per heavy atom. The van der Waals surface area contributed by atoms with Gasteiger partial charge in [0.2, 0.25) is 0 Å². The van der Waals surface area contributed by atoms with Crippen molar-refractivity contribution in [2.24, 2.45) is 12.8 Å². The number of nitrogens with zero attached hydrogens (tertiary/aromatic N) is 2. The van der Waals surface area contributed by atoms with E-state index in [9.17, 15) is 0 Å². The van der Waals surface area contributed by atoms with Gasteiger partial charge in [-0.2, -0.15) is 0 Å². The molecule has 0 saturated carbocycles. The van der Waals surface area contributed by atoms with Crippen molar-refractivity contribution >= 4 is 11.0 Å². The summed E-state index contributed by atoms with van der Waals surface area (Å²) in [5.74, 6) is 1.12. The Balaban J connectivity index is 2.72. The fraction of sp³-hybridized carbons (Fsp3) is 0.533. The highest BCUT2D eigenvalue weighted by atomic mass is 15.1. The van der Waals surface area contributed by atoms with E-state index in [2.05, 4.69) is 50.6 Å². The zero-order chi connectivity index (χ0) is 13.3. The maximum Gasteiger partial charge on any atom is 0.117 e. The lowest BCUT2D eigenvalue weighted by Gasteiger charge is -2.29. The molecule has 3 nitrogen and oxygen atoms in total. The van der Waals surface area contributed by atoms with Crippen LogP contribution in [-0.4, -0.2) is 16.1 Å². The number of imidazole rings is 1. The van der Waals surface area contributed by atoms with Crippen molar-refractivity contribution < 1.29 is 0 Å². The van der Waals surface area contributed by atoms with Crippen LogP contribution in [0.1, 0.15) is 38.1 Å². The molecular formula is C15H23N3. The first-order valence-electron chi connectivity index (χ1n) is 6.72. The normalized spacial score (nSPS) is 12.3. The molecule has 3 heteroatoms. The number of nitrogens with two attached hydrogens (primary N) is 1. The minimum Gasteiger partial charge on any atom is -0.330 e. The van der Waals surface area contributed by atoms with Gasteiger partial charge in [0, 0.05) is 19.0 Å². The molecule has 0 spiro atoms. The summed E-state index contributed by atoms with van der Waals surface area (Å²) in [5, 5.41) is 0. The number of benzene rings is 1. The van der Waals surface area contributed by atoms with E-state index in [1.165, 1.54) is 11.1 Å². The van der Waals surface area contributed by atoms with Gasteiger partial charge in [-0.05, 0) is 31.4 Å². The Hall–Kier alpha value is -1.35. The highest BCUT2D eigenvalue weighted by Gasteiger charge is 2.32. The van der Waals surface area contributed by atoms with Gasteiger partial charge in [0.25, 0.3) is 0 Å². The summed E-state index contributed by atoms with van der Waals surface area (Å²) in [6, 6.07) is 6.28. The number of para-hydroxylation sites is 1. The van der Waals surface area contributed by atoms with Gasteiger partial charge in [-0.3, -0.25) is 0 Å². The molecule has 0 unspecified atom stereocenters. The molecule has 2 N–H and O–H groups in total. The monoisotopic (exact) mass is 245 g/mol. The quantitative estimate of drug-likeness (QED) is 0.900. The second kappa shape index (κ2) is 4.73. The summed E-state index contributed by atoms with van der Waals surface area (Å²) in [5.41, 5.74) is 9.61. The summed E-state index contributed by atoms with van der Waals surface area (Å²) < 4.78 is 2.23. The molecule has 0 radical (unpaired) electrons. The Bertz CT molecular complexity index is 542. The second-order valence-electron chi connectivity index (χ2n) is 5.13. The number of hydrogen-bond acceptors (Lipinski definition) is 2. The lowest BCUT2D eigenvalue weighted by Crippen LogP contribution is -2.36. The standard InChI is InChI=1S/C15H23N3/c1-5-15(6-2,10-16)14-17-12-9-7-8-11(3)13(12)18(14)4/h7-9H,5-6,10,16H2,1-4H3. The third-order valence-corrected chi connectivity index (χ3v) is 4.31. The van der Waals surface area contributed by atoms with Crippen LogP contribution in [0.15, 0.2) is 18.2 Å². The van der Waals surface area contributed by atoms with Crippen molar-refractivity contribution in [2.75, 3.05) is 6.54 Å². The summed E-state index contributed by atoms with van der Waals surface area (Å²) in [4.78, 5) is 4.84. The van der Waals surface area contributed by atoms with Gasteiger partial charge >= 0.3 is 0 Å². The minimum atomic E-state index is 0.000208. The summed E-state index contributed by atoms with van der Waals surface area (Å²) in [6.45, 7) is 7.18. The average Bonchev–Trinajstić information content (AvgIpc) is 2.72. The Labute approximate surface area is 109 Å². The van der Waals surface area contributed by atoms with Crippen molar-refractivity contribution in [1.29, 1.82) is 0 Å². The summed E-state index contributed by atoms with van der Waals surface area (Å²) in [6.07, 6.45) is 2.05. The van der Waals surface area contributed by atoms with Crippen LogP contribution >= 0.6 is 0 Å². The fourth-order valence-corrected chi connectivity index (χ4v) is 2.89. The van der Waals surface area contributed by atoms with Gasteiger partial charge in [0.1, 0.15) is 5.82 Å². The predicted molar refractivity (Wildman–Crippen MR) is 76.8 cm³/mol. The molecule has 1 heterocycles. The smallest absolute Gasteiger partial charge is 0.117 e. The maximum atomic E-state index is 6.04. The second-order valence-corrected chi connectivity index (χ2v) is 5.13. The molecule has 0 fully saturated rings. The molecule has 0 atom stereocenters. The molecule has 1 aromatic carbocycles. The Morgan fingerprint density at radius 2 is 1.94 bits per heavy atom. The van der Waals surface area contributed by atoms with Crippen LogP contribution < -0.4 is 5.73 Å². The van der Waals surface area contributed by atoms with Crippen LogP contribution in [0.3, 0.4) is 0 Å². The highest BCUT2D eigenvalue weighted by molar-refractivity contribution is 5.79. The number of aromatic nitrogens is 2. The van der Waals surface area contributed by atoms with Crippen molar-refractivity contribution in [3.05, 3.63) is 29.6 Å². The van der Waals surface area contributed by atoms with E-state index in [0.717, 1.165) is 24.2 Å². The number of hydrogen-bond donors (Lipinski definition) is 1. The Kier molecular flexibility index (Phi) is 3.44. The van der Waals surface area contributed by atoms with Crippen molar-refractivity contribution in [3.63, 3.8) is 0 Å². The molecule has 0 aliphatic rings. The van der Waals surface area contributed by atoms with Gasteiger partial charge in [0.15, 0.2) is 0 Å². The average molecular weight is 245 g/mol. The van der Waals surface area contributed by atoms with Crippen LogP contribution in [0.4, 0.5) is 0 Å². The van der Waals surface area contributed by atoms with E-state index >= 15 is 0 Å². The van der Waals surface area contributed by atoms with Crippen molar-refractivity contribution in [3.8, 4) is 0 Å². The molecule has 0 amide bonds. The lowest BCUT2D eigenvalue weighted by molar-refractivity contribution is 0.374. The van der Waals surface area contributed by atoms with Gasteiger partial charge < -0.3 is 10.3 Å². The van der Waals surface area contributed by atoms with Crippen LogP contribution in [-0.2, 0) is 12.5 Å². The van der Waals surface area contributed by atoms with E-state index < -0.39 is 0 Å². The van der Waals surface area contributed by atoms with Gasteiger partial charge in [-0.25, -0.2) is 4.98 Å². The molecule has 98 valence electrons. The first kappa shape index (κ1) is 13.1. The SMILES string of the molecule is CCC(CC)(CN)c1nc2cccc(C)c2n1C. The third-order valence-electron chi connectivity index (χ3n) is 4.31. The largest absolute Gasteiger partial charge is 0.330 e. The topological polar surface area (TPSA) is 43.8 Å². The highest BCUT2D eigenvalue weighted by Crippen LogP contribution is 2.32. The zero-order valence-electron chi connectivity index (χ0n) is 11.8. The predicted octanol–water partition coefficient (Wildman–Crippen LogP) is 2.90. The molecule has 0 saturated heterocycles. The fourth-order valence-electron chi connectivity index (χ4n) is 2.89. The molecular weight excluding hydrogens is 222 g/mol. The van der Waals surface area contributed by atoms with Gasteiger partial charge in [-0.1, -0.05) is 26.0 Å². The van der Waals surface area contributed by atoms with Crippen LogP contribution in [0.5, 0.6) is 0 Å². The summed E-state index contributed by atoms with van der Waals surface area (Å²) in [7, 11) is 2.10. The molecule has 0 bridgehead atoms. The van der Waals surface area contributed by atoms with Crippen LogP contribution in [0.2, 0.25) is 0 Å². The molecule has 0 aliphatic carbocycles. The van der Waals surface area contributed by atoms with Crippen molar-refractivity contribution in [1.82, 2.24) is 9.55 Å². The molecule has 18 heavy (non-hydrogen) atoms. The molecule has 0 aliphatic heterocycles. The number of fused-ring (bicyclic) bond motifs is 1. The van der Waals surface area contributed by atoms with E-state index in [1.807, 2.05) is 0 Å². The first-order valence-corrected chi connectivity index (χ1v) is 6.72. The number of rotatable bonds is 4. The van der Waals surface area contributed by atoms with Crippen molar-refractivity contribution in [2.45, 2.75) is 39.0 Å². The van der Waals surface area contributed by atoms with E-state index in [4.69, 9.17) is 10.7 Å². The lowest BCUT2D eigenvalue weighted by atomic mass is 9.81.